The predicted molar refractivity (Wildman–Crippen MR) is 55.1 cm³/mol. The number of methoxy groups -OCH3 is 1. The molecule has 0 saturated carbocycles. The van der Waals surface area contributed by atoms with Crippen molar-refractivity contribution in [1.29, 1.82) is 0 Å². The molecule has 0 aromatic rings. The summed E-state index contributed by atoms with van der Waals surface area (Å²) in [6.07, 6.45) is 0.944. The largest absolute Gasteiger partial charge is 0.377 e. The van der Waals surface area contributed by atoms with E-state index in [0.29, 0.717) is 6.54 Å². The first kappa shape index (κ1) is 11.5. The molecule has 4 nitrogen and oxygen atoms in total. The van der Waals surface area contributed by atoms with Crippen LogP contribution in [-0.4, -0.2) is 38.3 Å². The van der Waals surface area contributed by atoms with Crippen molar-refractivity contribution in [2.75, 3.05) is 26.7 Å². The van der Waals surface area contributed by atoms with Crippen molar-refractivity contribution in [2.24, 2.45) is 5.92 Å². The van der Waals surface area contributed by atoms with E-state index in [2.05, 4.69) is 10.6 Å². The van der Waals surface area contributed by atoms with E-state index in [1.807, 2.05) is 13.8 Å². The maximum absolute atomic E-state index is 11.6. The van der Waals surface area contributed by atoms with Gasteiger partial charge < -0.3 is 15.4 Å². The Labute approximate surface area is 85.4 Å². The predicted octanol–water partition coefficient (Wildman–Crippen LogP) is 0.137. The van der Waals surface area contributed by atoms with Gasteiger partial charge in [-0.1, -0.05) is 0 Å². The summed E-state index contributed by atoms with van der Waals surface area (Å²) in [5.41, 5.74) is -0.276. The summed E-state index contributed by atoms with van der Waals surface area (Å²) in [7, 11) is 1.66. The maximum Gasteiger partial charge on any atom is 0.224 e. The SMILES string of the molecule is COC(C)(C)CNC(=O)C1CCNC1. The van der Waals surface area contributed by atoms with Gasteiger partial charge in [0, 0.05) is 20.2 Å². The fraction of sp³-hybridized carbons (Fsp3) is 0.900. The first-order valence-corrected chi connectivity index (χ1v) is 5.09. The van der Waals surface area contributed by atoms with Crippen LogP contribution in [0.1, 0.15) is 20.3 Å². The van der Waals surface area contributed by atoms with Crippen molar-refractivity contribution in [1.82, 2.24) is 10.6 Å². The van der Waals surface area contributed by atoms with Crippen LogP contribution in [0, 0.1) is 5.92 Å². The minimum Gasteiger partial charge on any atom is -0.377 e. The third-order valence-electron chi connectivity index (χ3n) is 2.67. The van der Waals surface area contributed by atoms with Crippen LogP contribution >= 0.6 is 0 Å². The maximum atomic E-state index is 11.6. The molecular weight excluding hydrogens is 180 g/mol. The van der Waals surface area contributed by atoms with Gasteiger partial charge in [0.15, 0.2) is 0 Å². The Balaban J connectivity index is 2.27. The molecule has 1 rings (SSSR count). The Morgan fingerprint density at radius 2 is 2.36 bits per heavy atom. The van der Waals surface area contributed by atoms with Gasteiger partial charge in [-0.2, -0.15) is 0 Å². The van der Waals surface area contributed by atoms with E-state index in [0.717, 1.165) is 19.5 Å². The minimum atomic E-state index is -0.276. The molecule has 0 spiro atoms. The normalized spacial score (nSPS) is 22.4. The van der Waals surface area contributed by atoms with Crippen LogP contribution in [0.3, 0.4) is 0 Å². The molecule has 0 aromatic heterocycles. The molecule has 1 fully saturated rings. The first-order chi connectivity index (χ1) is 6.55. The van der Waals surface area contributed by atoms with Gasteiger partial charge in [0.05, 0.1) is 11.5 Å². The molecule has 2 N–H and O–H groups in total. The molecule has 0 aliphatic carbocycles. The topological polar surface area (TPSA) is 50.4 Å². The highest BCUT2D eigenvalue weighted by Crippen LogP contribution is 2.09. The second-order valence-electron chi connectivity index (χ2n) is 4.37. The number of carbonyl (C=O) groups excluding carboxylic acids is 1. The zero-order valence-corrected chi connectivity index (χ0v) is 9.22. The average molecular weight is 200 g/mol. The second-order valence-corrected chi connectivity index (χ2v) is 4.37. The zero-order valence-electron chi connectivity index (χ0n) is 9.22. The van der Waals surface area contributed by atoms with Crippen molar-refractivity contribution in [3.8, 4) is 0 Å². The highest BCUT2D eigenvalue weighted by atomic mass is 16.5. The van der Waals surface area contributed by atoms with Crippen LogP contribution in [0.2, 0.25) is 0 Å². The summed E-state index contributed by atoms with van der Waals surface area (Å²) in [4.78, 5) is 11.6. The first-order valence-electron chi connectivity index (χ1n) is 5.09. The fourth-order valence-corrected chi connectivity index (χ4v) is 1.39. The quantitative estimate of drug-likeness (QED) is 0.678. The van der Waals surface area contributed by atoms with Crippen LogP contribution in [0.4, 0.5) is 0 Å². The van der Waals surface area contributed by atoms with E-state index in [1.165, 1.54) is 0 Å². The lowest BCUT2D eigenvalue weighted by atomic mass is 10.1. The van der Waals surface area contributed by atoms with Gasteiger partial charge in [-0.3, -0.25) is 4.79 Å². The highest BCUT2D eigenvalue weighted by molar-refractivity contribution is 5.79. The highest BCUT2D eigenvalue weighted by Gasteiger charge is 2.24. The van der Waals surface area contributed by atoms with Crippen molar-refractivity contribution in [2.45, 2.75) is 25.9 Å². The lowest BCUT2D eigenvalue weighted by molar-refractivity contribution is -0.125. The van der Waals surface area contributed by atoms with Crippen LogP contribution in [-0.2, 0) is 9.53 Å². The molecule has 1 saturated heterocycles. The molecule has 1 unspecified atom stereocenters. The van der Waals surface area contributed by atoms with Crippen LogP contribution in [0.5, 0.6) is 0 Å². The zero-order chi connectivity index (χ0) is 10.6. The Morgan fingerprint density at radius 3 is 2.86 bits per heavy atom. The van der Waals surface area contributed by atoms with Gasteiger partial charge in [0.1, 0.15) is 0 Å². The summed E-state index contributed by atoms with van der Waals surface area (Å²) >= 11 is 0. The molecule has 1 heterocycles. The van der Waals surface area contributed by atoms with Gasteiger partial charge in [0.2, 0.25) is 5.91 Å². The molecule has 1 aliphatic rings. The lowest BCUT2D eigenvalue weighted by Gasteiger charge is -2.23. The van der Waals surface area contributed by atoms with Crippen molar-refractivity contribution in [3.05, 3.63) is 0 Å². The van der Waals surface area contributed by atoms with E-state index in [4.69, 9.17) is 4.74 Å². The van der Waals surface area contributed by atoms with Crippen LogP contribution < -0.4 is 10.6 Å². The van der Waals surface area contributed by atoms with Crippen molar-refractivity contribution >= 4 is 5.91 Å². The molecule has 1 aliphatic heterocycles. The molecule has 1 amide bonds. The van der Waals surface area contributed by atoms with Gasteiger partial charge >= 0.3 is 0 Å². The number of nitrogens with one attached hydrogen (secondary N) is 2. The number of hydrogen-bond acceptors (Lipinski definition) is 3. The van der Waals surface area contributed by atoms with Gasteiger partial charge in [-0.25, -0.2) is 0 Å². The standard InChI is InChI=1S/C10H20N2O2/c1-10(2,14-3)7-12-9(13)8-4-5-11-6-8/h8,11H,4-7H2,1-3H3,(H,12,13). The van der Waals surface area contributed by atoms with Gasteiger partial charge in [-0.05, 0) is 26.8 Å². The lowest BCUT2D eigenvalue weighted by Crippen LogP contribution is -2.42. The number of hydrogen-bond donors (Lipinski definition) is 2. The number of carbonyl (C=O) groups is 1. The van der Waals surface area contributed by atoms with Crippen molar-refractivity contribution in [3.63, 3.8) is 0 Å². The molecule has 14 heavy (non-hydrogen) atoms. The van der Waals surface area contributed by atoms with Crippen LogP contribution in [0.15, 0.2) is 0 Å². The molecule has 0 bridgehead atoms. The Bertz CT molecular complexity index is 198. The minimum absolute atomic E-state index is 0.139. The Hall–Kier alpha value is -0.610. The number of ether oxygens (including phenoxy) is 1. The smallest absolute Gasteiger partial charge is 0.224 e. The summed E-state index contributed by atoms with van der Waals surface area (Å²) in [5, 5.41) is 6.08. The summed E-state index contributed by atoms with van der Waals surface area (Å²) in [6.45, 7) is 6.24. The summed E-state index contributed by atoms with van der Waals surface area (Å²) in [5.74, 6) is 0.280. The monoisotopic (exact) mass is 200 g/mol. The Morgan fingerprint density at radius 1 is 1.64 bits per heavy atom. The third-order valence-corrected chi connectivity index (χ3v) is 2.67. The molecule has 4 heteroatoms. The van der Waals surface area contributed by atoms with E-state index >= 15 is 0 Å². The van der Waals surface area contributed by atoms with E-state index < -0.39 is 0 Å². The van der Waals surface area contributed by atoms with E-state index in [-0.39, 0.29) is 17.4 Å². The van der Waals surface area contributed by atoms with Gasteiger partial charge in [0.25, 0.3) is 0 Å². The second kappa shape index (κ2) is 4.75. The van der Waals surface area contributed by atoms with Crippen LogP contribution in [0.25, 0.3) is 0 Å². The molecule has 1 atom stereocenters. The van der Waals surface area contributed by atoms with Crippen molar-refractivity contribution < 1.29 is 9.53 Å². The average Bonchev–Trinajstić information content (AvgIpc) is 2.67. The molecular formula is C10H20N2O2. The Kier molecular flexibility index (Phi) is 3.89. The molecule has 82 valence electrons. The fourth-order valence-electron chi connectivity index (χ4n) is 1.39. The van der Waals surface area contributed by atoms with Gasteiger partial charge in [-0.15, -0.1) is 0 Å². The summed E-state index contributed by atoms with van der Waals surface area (Å²) < 4.78 is 5.22. The molecule has 0 radical (unpaired) electrons. The number of rotatable bonds is 4. The number of amides is 1. The van der Waals surface area contributed by atoms with E-state index in [9.17, 15) is 4.79 Å². The summed E-state index contributed by atoms with van der Waals surface area (Å²) in [6, 6.07) is 0. The van der Waals surface area contributed by atoms with E-state index in [1.54, 1.807) is 7.11 Å². The molecule has 0 aromatic carbocycles. The third kappa shape index (κ3) is 3.27.